The number of pyridine rings is 1. The number of fused-ring (bicyclic) bond motifs is 1. The lowest BCUT2D eigenvalue weighted by Crippen LogP contribution is -2.07. The van der Waals surface area contributed by atoms with Crippen LogP contribution in [0.25, 0.3) is 16.9 Å². The summed E-state index contributed by atoms with van der Waals surface area (Å²) in [5.74, 6) is 0.0448. The van der Waals surface area contributed by atoms with Gasteiger partial charge in [0.1, 0.15) is 5.65 Å². The van der Waals surface area contributed by atoms with Gasteiger partial charge in [-0.25, -0.2) is 4.98 Å². The second kappa shape index (κ2) is 7.01. The molecule has 0 atom stereocenters. The molecule has 0 saturated carbocycles. The number of carbonyl (C=O) groups is 1. The highest BCUT2D eigenvalue weighted by molar-refractivity contribution is 6.30. The van der Waals surface area contributed by atoms with Crippen molar-refractivity contribution in [3.8, 4) is 11.3 Å². The van der Waals surface area contributed by atoms with Crippen molar-refractivity contribution in [2.24, 2.45) is 0 Å². The molecule has 4 rings (SSSR count). The van der Waals surface area contributed by atoms with Gasteiger partial charge in [0, 0.05) is 22.3 Å². The molecule has 4 aromatic rings. The van der Waals surface area contributed by atoms with Crippen molar-refractivity contribution in [1.82, 2.24) is 9.38 Å². The predicted molar refractivity (Wildman–Crippen MR) is 110 cm³/mol. The first kappa shape index (κ1) is 17.5. The summed E-state index contributed by atoms with van der Waals surface area (Å²) >= 11 is 5.95. The van der Waals surface area contributed by atoms with E-state index in [9.17, 15) is 4.79 Å². The Labute approximate surface area is 163 Å². The van der Waals surface area contributed by atoms with E-state index in [1.165, 1.54) is 5.56 Å². The fourth-order valence-electron chi connectivity index (χ4n) is 3.20. The molecule has 3 nitrogen and oxygen atoms in total. The summed E-state index contributed by atoms with van der Waals surface area (Å²) in [5, 5.41) is 0.623. The van der Waals surface area contributed by atoms with Crippen LogP contribution in [0.15, 0.2) is 66.9 Å². The lowest BCUT2D eigenvalue weighted by Gasteiger charge is -2.07. The largest absolute Gasteiger partial charge is 0.303 e. The van der Waals surface area contributed by atoms with E-state index in [2.05, 4.69) is 31.2 Å². The van der Waals surface area contributed by atoms with Gasteiger partial charge < -0.3 is 4.40 Å². The molecule has 0 radical (unpaired) electrons. The third-order valence-corrected chi connectivity index (χ3v) is 4.94. The average molecular weight is 375 g/mol. The fraction of sp³-hybridized carbons (Fsp3) is 0.130. The van der Waals surface area contributed by atoms with Crippen molar-refractivity contribution in [3.63, 3.8) is 0 Å². The number of nitrogens with zero attached hydrogens (tertiary/aromatic N) is 2. The van der Waals surface area contributed by atoms with Gasteiger partial charge in [-0.05, 0) is 49.7 Å². The van der Waals surface area contributed by atoms with Crippen LogP contribution in [0.1, 0.15) is 27.2 Å². The molecule has 27 heavy (non-hydrogen) atoms. The quantitative estimate of drug-likeness (QED) is 0.429. The molecule has 2 heterocycles. The first-order valence-corrected chi connectivity index (χ1v) is 9.22. The van der Waals surface area contributed by atoms with Crippen LogP contribution >= 0.6 is 11.6 Å². The Balaban J connectivity index is 1.82. The summed E-state index contributed by atoms with van der Waals surface area (Å²) in [4.78, 5) is 17.7. The summed E-state index contributed by atoms with van der Waals surface area (Å²) in [6.07, 6.45) is 2.31. The van der Waals surface area contributed by atoms with Gasteiger partial charge >= 0.3 is 0 Å². The summed E-state index contributed by atoms with van der Waals surface area (Å²) in [5.41, 5.74) is 6.57. The highest BCUT2D eigenvalue weighted by Crippen LogP contribution is 2.27. The number of rotatable bonds is 4. The van der Waals surface area contributed by atoms with Crippen molar-refractivity contribution >= 4 is 23.0 Å². The third-order valence-electron chi connectivity index (χ3n) is 4.68. The minimum absolute atomic E-state index is 0.0448. The van der Waals surface area contributed by atoms with Crippen molar-refractivity contribution in [2.75, 3.05) is 0 Å². The zero-order chi connectivity index (χ0) is 19.0. The van der Waals surface area contributed by atoms with Gasteiger partial charge in [-0.3, -0.25) is 4.79 Å². The molecule has 2 aromatic carbocycles. The predicted octanol–water partition coefficient (Wildman–Crippen LogP) is 5.70. The van der Waals surface area contributed by atoms with Crippen LogP contribution in [-0.4, -0.2) is 15.2 Å². The van der Waals surface area contributed by atoms with Crippen LogP contribution < -0.4 is 0 Å². The maximum absolute atomic E-state index is 12.9. The number of ketones is 1. The van der Waals surface area contributed by atoms with Crippen molar-refractivity contribution in [1.29, 1.82) is 0 Å². The van der Waals surface area contributed by atoms with E-state index in [0.717, 1.165) is 28.2 Å². The van der Waals surface area contributed by atoms with Crippen LogP contribution in [0.3, 0.4) is 0 Å². The van der Waals surface area contributed by atoms with Crippen LogP contribution in [0, 0.1) is 13.8 Å². The highest BCUT2D eigenvalue weighted by Gasteiger charge is 2.18. The molecule has 4 heteroatoms. The number of benzene rings is 2. The molecule has 0 bridgehead atoms. The Morgan fingerprint density at radius 2 is 1.59 bits per heavy atom. The summed E-state index contributed by atoms with van der Waals surface area (Å²) < 4.78 is 2.03. The standard InChI is InChI=1S/C23H19ClN2O/c1-15-3-6-18(7-4-15)23-20(26-14-16(2)5-12-22(26)25-23)13-21(27)17-8-10-19(24)11-9-17/h3-12,14H,13H2,1-2H3. The van der Waals surface area contributed by atoms with Crippen molar-refractivity contribution < 1.29 is 4.79 Å². The van der Waals surface area contributed by atoms with E-state index in [0.29, 0.717) is 10.6 Å². The molecule has 0 fully saturated rings. The maximum atomic E-state index is 12.9. The summed E-state index contributed by atoms with van der Waals surface area (Å²) in [6.45, 7) is 4.09. The Bertz CT molecular complexity index is 1130. The van der Waals surface area contributed by atoms with Gasteiger partial charge in [0.2, 0.25) is 0 Å². The molecule has 0 N–H and O–H groups in total. The Hall–Kier alpha value is -2.91. The second-order valence-corrected chi connectivity index (χ2v) is 7.25. The molecule has 0 aliphatic rings. The average Bonchev–Trinajstić information content (AvgIpc) is 3.00. The maximum Gasteiger partial charge on any atom is 0.168 e. The summed E-state index contributed by atoms with van der Waals surface area (Å²) in [7, 11) is 0. The van der Waals surface area contributed by atoms with E-state index in [4.69, 9.17) is 16.6 Å². The highest BCUT2D eigenvalue weighted by atomic mass is 35.5. The number of halogens is 1. The molecular weight excluding hydrogens is 356 g/mol. The monoisotopic (exact) mass is 374 g/mol. The van der Waals surface area contributed by atoms with Gasteiger partial charge in [-0.2, -0.15) is 0 Å². The molecule has 0 saturated heterocycles. The molecular formula is C23H19ClN2O. The number of hydrogen-bond acceptors (Lipinski definition) is 2. The van der Waals surface area contributed by atoms with Crippen LogP contribution in [0.4, 0.5) is 0 Å². The third kappa shape index (κ3) is 3.51. The zero-order valence-corrected chi connectivity index (χ0v) is 16.0. The number of Topliss-reactive ketones (excluding diaryl/α,β-unsaturated/α-hetero) is 1. The Morgan fingerprint density at radius 3 is 2.30 bits per heavy atom. The number of imidazole rings is 1. The normalized spacial score (nSPS) is 11.1. The van der Waals surface area contributed by atoms with E-state index >= 15 is 0 Å². The van der Waals surface area contributed by atoms with E-state index in [1.54, 1.807) is 24.3 Å². The van der Waals surface area contributed by atoms with Crippen LogP contribution in [-0.2, 0) is 6.42 Å². The minimum atomic E-state index is 0.0448. The van der Waals surface area contributed by atoms with Gasteiger partial charge in [0.15, 0.2) is 5.78 Å². The first-order valence-electron chi connectivity index (χ1n) is 8.84. The minimum Gasteiger partial charge on any atom is -0.303 e. The molecule has 134 valence electrons. The van der Waals surface area contributed by atoms with E-state index in [-0.39, 0.29) is 12.2 Å². The van der Waals surface area contributed by atoms with Gasteiger partial charge in [0.05, 0.1) is 17.8 Å². The number of carbonyl (C=O) groups excluding carboxylic acids is 1. The van der Waals surface area contributed by atoms with E-state index in [1.807, 2.05) is 29.7 Å². The van der Waals surface area contributed by atoms with Crippen molar-refractivity contribution in [2.45, 2.75) is 20.3 Å². The second-order valence-electron chi connectivity index (χ2n) is 6.81. The van der Waals surface area contributed by atoms with E-state index < -0.39 is 0 Å². The molecule has 0 unspecified atom stereocenters. The van der Waals surface area contributed by atoms with Crippen LogP contribution in [0.5, 0.6) is 0 Å². The molecule has 0 aliphatic heterocycles. The summed E-state index contributed by atoms with van der Waals surface area (Å²) in [6, 6.07) is 19.3. The lowest BCUT2D eigenvalue weighted by molar-refractivity contribution is 0.0992. The SMILES string of the molecule is Cc1ccc(-c2nc3ccc(C)cn3c2CC(=O)c2ccc(Cl)cc2)cc1. The lowest BCUT2D eigenvalue weighted by atomic mass is 10.0. The first-order chi connectivity index (χ1) is 13.0. The number of hydrogen-bond donors (Lipinski definition) is 0. The molecule has 0 spiro atoms. The fourth-order valence-corrected chi connectivity index (χ4v) is 3.33. The van der Waals surface area contributed by atoms with Crippen LogP contribution in [0.2, 0.25) is 5.02 Å². The van der Waals surface area contributed by atoms with Gasteiger partial charge in [-0.1, -0.05) is 47.5 Å². The molecule has 0 aliphatic carbocycles. The molecule has 2 aromatic heterocycles. The topological polar surface area (TPSA) is 34.4 Å². The number of aryl methyl sites for hydroxylation is 2. The van der Waals surface area contributed by atoms with Gasteiger partial charge in [-0.15, -0.1) is 0 Å². The Kier molecular flexibility index (Phi) is 4.54. The zero-order valence-electron chi connectivity index (χ0n) is 15.2. The van der Waals surface area contributed by atoms with Crippen molar-refractivity contribution in [3.05, 3.63) is 94.3 Å². The van der Waals surface area contributed by atoms with Gasteiger partial charge in [0.25, 0.3) is 0 Å². The Morgan fingerprint density at radius 1 is 0.926 bits per heavy atom. The smallest absolute Gasteiger partial charge is 0.168 e. The number of aromatic nitrogens is 2. The molecule has 0 amide bonds.